The highest BCUT2D eigenvalue weighted by molar-refractivity contribution is 14.1. The monoisotopic (exact) mass is 479 g/mol. The number of halogens is 1. The molecule has 1 saturated heterocycles. The Morgan fingerprint density at radius 2 is 1.77 bits per heavy atom. The molecule has 0 saturated carbocycles. The molecule has 0 spiro atoms. The van der Waals surface area contributed by atoms with Gasteiger partial charge in [-0.05, 0) is 78.0 Å². The number of benzene rings is 2. The summed E-state index contributed by atoms with van der Waals surface area (Å²) in [5.74, 6) is -0.304. The molecule has 1 aliphatic heterocycles. The molecule has 0 atom stereocenters. The van der Waals surface area contributed by atoms with E-state index in [1.165, 1.54) is 0 Å². The molecule has 0 radical (unpaired) electrons. The van der Waals surface area contributed by atoms with Crippen LogP contribution in [0.1, 0.15) is 33.6 Å². The fraction of sp³-hybridized carbons (Fsp3) is 0.211. The summed E-state index contributed by atoms with van der Waals surface area (Å²) >= 11 is 7.41. The highest BCUT2D eigenvalue weighted by Crippen LogP contribution is 2.20. The van der Waals surface area contributed by atoms with Crippen molar-refractivity contribution >= 4 is 57.4 Å². The average molecular weight is 479 g/mol. The molecular weight excluding hydrogens is 461 g/mol. The summed E-state index contributed by atoms with van der Waals surface area (Å²) in [7, 11) is 0. The van der Waals surface area contributed by atoms with Crippen molar-refractivity contribution in [2.75, 3.05) is 18.4 Å². The van der Waals surface area contributed by atoms with Gasteiger partial charge in [0, 0.05) is 22.2 Å². The lowest BCUT2D eigenvalue weighted by Crippen LogP contribution is -2.35. The Morgan fingerprint density at radius 1 is 1.04 bits per heavy atom. The Morgan fingerprint density at radius 3 is 2.50 bits per heavy atom. The molecule has 26 heavy (non-hydrogen) atoms. The normalized spacial score (nSPS) is 13.3. The van der Waals surface area contributed by atoms with Crippen LogP contribution in [-0.4, -0.2) is 34.9 Å². The Bertz CT molecular complexity index is 850. The smallest absolute Gasteiger partial charge is 0.257 e. The molecule has 0 aliphatic carbocycles. The van der Waals surface area contributed by atoms with Gasteiger partial charge in [-0.1, -0.05) is 18.2 Å². The fourth-order valence-corrected chi connectivity index (χ4v) is 3.57. The van der Waals surface area contributed by atoms with Gasteiger partial charge in [0.05, 0.1) is 11.3 Å². The summed E-state index contributed by atoms with van der Waals surface area (Å²) in [6.07, 6.45) is 2.07. The van der Waals surface area contributed by atoms with Crippen LogP contribution < -0.4 is 10.6 Å². The van der Waals surface area contributed by atoms with Crippen LogP contribution in [0.15, 0.2) is 48.5 Å². The molecule has 2 amide bonds. The maximum Gasteiger partial charge on any atom is 0.257 e. The zero-order chi connectivity index (χ0) is 18.5. The minimum Gasteiger partial charge on any atom is -0.339 e. The molecule has 0 aromatic heterocycles. The van der Waals surface area contributed by atoms with Gasteiger partial charge >= 0.3 is 0 Å². The Kier molecular flexibility index (Phi) is 6.20. The molecule has 134 valence electrons. The molecule has 3 rings (SSSR count). The van der Waals surface area contributed by atoms with E-state index in [1.54, 1.807) is 24.3 Å². The van der Waals surface area contributed by atoms with Crippen molar-refractivity contribution in [3.8, 4) is 0 Å². The molecule has 0 bridgehead atoms. The molecule has 0 unspecified atom stereocenters. The summed E-state index contributed by atoms with van der Waals surface area (Å²) in [4.78, 5) is 26.8. The molecule has 5 nitrogen and oxygen atoms in total. The number of likely N-dealkylation sites (tertiary alicyclic amines) is 1. The Hall–Kier alpha value is -2.00. The van der Waals surface area contributed by atoms with Crippen LogP contribution in [0.4, 0.5) is 5.69 Å². The van der Waals surface area contributed by atoms with Gasteiger partial charge in [-0.15, -0.1) is 0 Å². The highest BCUT2D eigenvalue weighted by Gasteiger charge is 2.22. The number of rotatable bonds is 3. The fourth-order valence-electron chi connectivity index (χ4n) is 2.83. The first-order chi connectivity index (χ1) is 12.5. The minimum atomic E-state index is -0.288. The quantitative estimate of drug-likeness (QED) is 0.522. The van der Waals surface area contributed by atoms with Crippen molar-refractivity contribution < 1.29 is 9.59 Å². The number of para-hydroxylation sites is 1. The summed E-state index contributed by atoms with van der Waals surface area (Å²) in [6, 6.07) is 14.4. The average Bonchev–Trinajstić information content (AvgIpc) is 3.16. The van der Waals surface area contributed by atoms with Crippen LogP contribution in [0.5, 0.6) is 0 Å². The molecule has 7 heteroatoms. The number of nitrogens with zero attached hydrogens (tertiary/aromatic N) is 1. The summed E-state index contributed by atoms with van der Waals surface area (Å²) < 4.78 is 0.968. The van der Waals surface area contributed by atoms with Gasteiger partial charge in [0.25, 0.3) is 11.8 Å². The molecule has 1 heterocycles. The van der Waals surface area contributed by atoms with Gasteiger partial charge in [-0.3, -0.25) is 14.9 Å². The third kappa shape index (κ3) is 4.59. The van der Waals surface area contributed by atoms with E-state index in [-0.39, 0.29) is 16.9 Å². The van der Waals surface area contributed by atoms with E-state index in [1.807, 2.05) is 29.2 Å². The van der Waals surface area contributed by atoms with Gasteiger partial charge in [0.1, 0.15) is 0 Å². The number of thiocarbonyl (C=S) groups is 1. The van der Waals surface area contributed by atoms with E-state index >= 15 is 0 Å². The van der Waals surface area contributed by atoms with Crippen molar-refractivity contribution in [1.29, 1.82) is 0 Å². The predicted octanol–water partition coefficient (Wildman–Crippen LogP) is 3.65. The number of nitrogens with one attached hydrogen (secondary N) is 2. The largest absolute Gasteiger partial charge is 0.339 e. The second kappa shape index (κ2) is 8.59. The first-order valence-corrected chi connectivity index (χ1v) is 9.79. The van der Waals surface area contributed by atoms with Crippen LogP contribution in [0.2, 0.25) is 0 Å². The van der Waals surface area contributed by atoms with E-state index in [0.717, 1.165) is 29.5 Å². The Balaban J connectivity index is 1.69. The van der Waals surface area contributed by atoms with Crippen molar-refractivity contribution in [3.05, 3.63) is 63.2 Å². The van der Waals surface area contributed by atoms with Gasteiger partial charge in [-0.25, -0.2) is 0 Å². The molecule has 1 fully saturated rings. The maximum absolute atomic E-state index is 12.7. The number of carbonyl (C=O) groups is 2. The highest BCUT2D eigenvalue weighted by atomic mass is 127. The van der Waals surface area contributed by atoms with Crippen LogP contribution >= 0.6 is 34.8 Å². The van der Waals surface area contributed by atoms with Crippen LogP contribution in [0, 0.1) is 3.57 Å². The lowest BCUT2D eigenvalue weighted by atomic mass is 10.1. The zero-order valence-electron chi connectivity index (χ0n) is 14.0. The van der Waals surface area contributed by atoms with Gasteiger partial charge in [0.2, 0.25) is 0 Å². The number of hydrogen-bond donors (Lipinski definition) is 2. The standard InChI is InChI=1S/C19H18IN3O2S/c20-14-7-5-6-13(12-14)17(24)22-19(26)21-16-9-2-1-8-15(16)18(25)23-10-3-4-11-23/h1-2,5-9,12H,3-4,10-11H2,(H2,21,22,24,26). The van der Waals surface area contributed by atoms with E-state index in [2.05, 4.69) is 33.2 Å². The van der Waals surface area contributed by atoms with E-state index in [9.17, 15) is 9.59 Å². The second-order valence-corrected chi connectivity index (χ2v) is 7.62. The molecule has 2 aromatic carbocycles. The first-order valence-electron chi connectivity index (χ1n) is 8.31. The van der Waals surface area contributed by atoms with E-state index < -0.39 is 0 Å². The summed E-state index contributed by atoms with van der Waals surface area (Å²) in [6.45, 7) is 1.56. The minimum absolute atomic E-state index is 0.0164. The summed E-state index contributed by atoms with van der Waals surface area (Å²) in [5, 5.41) is 5.80. The van der Waals surface area contributed by atoms with Crippen LogP contribution in [0.25, 0.3) is 0 Å². The van der Waals surface area contributed by atoms with Crippen LogP contribution in [0.3, 0.4) is 0 Å². The lowest BCUT2D eigenvalue weighted by molar-refractivity contribution is 0.0793. The topological polar surface area (TPSA) is 61.4 Å². The van der Waals surface area contributed by atoms with Crippen molar-refractivity contribution in [2.24, 2.45) is 0 Å². The van der Waals surface area contributed by atoms with Gasteiger partial charge in [-0.2, -0.15) is 0 Å². The molecule has 2 N–H and O–H groups in total. The number of carbonyl (C=O) groups excluding carboxylic acids is 2. The van der Waals surface area contributed by atoms with E-state index in [0.29, 0.717) is 16.8 Å². The summed E-state index contributed by atoms with van der Waals surface area (Å²) in [5.41, 5.74) is 1.68. The third-order valence-electron chi connectivity index (χ3n) is 4.11. The van der Waals surface area contributed by atoms with E-state index in [4.69, 9.17) is 12.2 Å². The predicted molar refractivity (Wildman–Crippen MR) is 114 cm³/mol. The van der Waals surface area contributed by atoms with Crippen molar-refractivity contribution in [2.45, 2.75) is 12.8 Å². The van der Waals surface area contributed by atoms with Crippen molar-refractivity contribution in [1.82, 2.24) is 10.2 Å². The first kappa shape index (κ1) is 18.8. The molecular formula is C19H18IN3O2S. The third-order valence-corrected chi connectivity index (χ3v) is 4.99. The van der Waals surface area contributed by atoms with Crippen LogP contribution in [-0.2, 0) is 0 Å². The van der Waals surface area contributed by atoms with Crippen molar-refractivity contribution in [3.63, 3.8) is 0 Å². The molecule has 1 aliphatic rings. The van der Waals surface area contributed by atoms with Gasteiger partial charge in [0.15, 0.2) is 5.11 Å². The lowest BCUT2D eigenvalue weighted by Gasteiger charge is -2.18. The maximum atomic E-state index is 12.7. The number of hydrogen-bond acceptors (Lipinski definition) is 3. The second-order valence-electron chi connectivity index (χ2n) is 5.96. The number of anilines is 1. The molecule has 2 aromatic rings. The number of amides is 2. The van der Waals surface area contributed by atoms with Gasteiger partial charge < -0.3 is 10.2 Å². The SMILES string of the molecule is O=C(NC(=S)Nc1ccccc1C(=O)N1CCCC1)c1cccc(I)c1. The Labute approximate surface area is 171 Å². The zero-order valence-corrected chi connectivity index (χ0v) is 17.0.